The molecule has 4 aromatic rings. The second-order valence-corrected chi connectivity index (χ2v) is 11.2. The number of nitrogens with one attached hydrogen (secondary N) is 1. The van der Waals surface area contributed by atoms with E-state index in [-0.39, 0.29) is 23.5 Å². The SMILES string of the molecule is COCCCn1c(C2CCCN(C(=O)CCCc3ccc(NC(=O)c4ccnn4C)cc3)C2)c(C)c2cccc(F)c21. The molecule has 9 heteroatoms. The predicted molar refractivity (Wildman–Crippen MR) is 162 cm³/mol. The van der Waals surface area contributed by atoms with Crippen molar-refractivity contribution < 1.29 is 18.7 Å². The van der Waals surface area contributed by atoms with Crippen molar-refractivity contribution in [2.45, 2.75) is 57.9 Å². The second-order valence-electron chi connectivity index (χ2n) is 11.2. The maximum atomic E-state index is 15.0. The number of rotatable bonds is 11. The van der Waals surface area contributed by atoms with E-state index in [1.165, 1.54) is 10.7 Å². The average Bonchev–Trinajstić information content (AvgIpc) is 3.55. The van der Waals surface area contributed by atoms with Gasteiger partial charge in [-0.15, -0.1) is 0 Å². The Balaban J connectivity index is 1.18. The molecule has 0 spiro atoms. The smallest absolute Gasteiger partial charge is 0.273 e. The van der Waals surface area contributed by atoms with Gasteiger partial charge in [0.15, 0.2) is 0 Å². The van der Waals surface area contributed by atoms with Crippen LogP contribution in [0, 0.1) is 12.7 Å². The molecule has 1 unspecified atom stereocenters. The van der Waals surface area contributed by atoms with Crippen LogP contribution < -0.4 is 5.32 Å². The Morgan fingerprint density at radius 2 is 1.93 bits per heavy atom. The lowest BCUT2D eigenvalue weighted by molar-refractivity contribution is -0.132. The van der Waals surface area contributed by atoms with Gasteiger partial charge in [0.2, 0.25) is 5.91 Å². The van der Waals surface area contributed by atoms with Gasteiger partial charge in [-0.1, -0.05) is 24.3 Å². The first-order chi connectivity index (χ1) is 20.4. The molecule has 1 fully saturated rings. The first-order valence-electron chi connectivity index (χ1n) is 14.8. The number of likely N-dealkylation sites (tertiary alicyclic amines) is 1. The van der Waals surface area contributed by atoms with Gasteiger partial charge in [0, 0.05) is 75.7 Å². The number of amides is 2. The lowest BCUT2D eigenvalue weighted by atomic mass is 9.91. The predicted octanol–water partition coefficient (Wildman–Crippen LogP) is 5.84. The van der Waals surface area contributed by atoms with E-state index in [9.17, 15) is 9.59 Å². The van der Waals surface area contributed by atoms with E-state index in [1.54, 1.807) is 32.5 Å². The van der Waals surface area contributed by atoms with Crippen molar-refractivity contribution in [1.29, 1.82) is 0 Å². The first kappa shape index (κ1) is 29.5. The Morgan fingerprint density at radius 1 is 1.12 bits per heavy atom. The van der Waals surface area contributed by atoms with Gasteiger partial charge in [-0.25, -0.2) is 4.39 Å². The van der Waals surface area contributed by atoms with E-state index in [0.717, 1.165) is 66.5 Å². The molecule has 0 saturated carbocycles. The molecule has 1 atom stereocenters. The fraction of sp³-hybridized carbons (Fsp3) is 0.424. The highest BCUT2D eigenvalue weighted by Crippen LogP contribution is 2.36. The maximum Gasteiger partial charge on any atom is 0.273 e. The van der Waals surface area contributed by atoms with Gasteiger partial charge in [0.1, 0.15) is 11.5 Å². The molecule has 0 bridgehead atoms. The molecule has 2 amide bonds. The summed E-state index contributed by atoms with van der Waals surface area (Å²) in [6.07, 6.45) is 6.33. The summed E-state index contributed by atoms with van der Waals surface area (Å²) < 4.78 is 24.0. The van der Waals surface area contributed by atoms with Crippen LogP contribution in [0.2, 0.25) is 0 Å². The number of hydrogen-bond acceptors (Lipinski definition) is 4. The van der Waals surface area contributed by atoms with E-state index < -0.39 is 0 Å². The minimum absolute atomic E-state index is 0.172. The van der Waals surface area contributed by atoms with Crippen LogP contribution in [-0.2, 0) is 29.5 Å². The molecule has 2 aromatic carbocycles. The number of methoxy groups -OCH3 is 1. The Labute approximate surface area is 246 Å². The van der Waals surface area contributed by atoms with Crippen LogP contribution in [0.15, 0.2) is 54.7 Å². The molecule has 8 nitrogen and oxygen atoms in total. The monoisotopic (exact) mass is 573 g/mol. The van der Waals surface area contributed by atoms with Crippen LogP contribution in [0.3, 0.4) is 0 Å². The molecule has 222 valence electrons. The summed E-state index contributed by atoms with van der Waals surface area (Å²) in [6, 6.07) is 14.7. The van der Waals surface area contributed by atoms with Crippen molar-refractivity contribution in [3.05, 3.63) is 83.1 Å². The minimum Gasteiger partial charge on any atom is -0.385 e. The van der Waals surface area contributed by atoms with Crippen molar-refractivity contribution in [2.24, 2.45) is 7.05 Å². The zero-order valence-electron chi connectivity index (χ0n) is 24.7. The molecule has 1 aliphatic heterocycles. The number of anilines is 1. The fourth-order valence-electron chi connectivity index (χ4n) is 6.25. The van der Waals surface area contributed by atoms with E-state index >= 15 is 4.39 Å². The summed E-state index contributed by atoms with van der Waals surface area (Å²) in [5, 5.41) is 7.88. The number of fused-ring (bicyclic) bond motifs is 1. The van der Waals surface area contributed by atoms with E-state index in [2.05, 4.69) is 21.9 Å². The van der Waals surface area contributed by atoms with Crippen LogP contribution >= 0.6 is 0 Å². The van der Waals surface area contributed by atoms with Crippen LogP contribution in [0.25, 0.3) is 10.9 Å². The summed E-state index contributed by atoms with van der Waals surface area (Å²) in [6.45, 7) is 4.81. The number of benzene rings is 2. The number of carbonyl (C=O) groups excluding carboxylic acids is 2. The van der Waals surface area contributed by atoms with Gasteiger partial charge in [-0.3, -0.25) is 14.3 Å². The third-order valence-electron chi connectivity index (χ3n) is 8.35. The normalized spacial score (nSPS) is 15.3. The first-order valence-corrected chi connectivity index (χ1v) is 14.8. The topological polar surface area (TPSA) is 81.4 Å². The summed E-state index contributed by atoms with van der Waals surface area (Å²) in [5.74, 6) is -0.0625. The number of nitrogens with zero attached hydrogens (tertiary/aromatic N) is 4. The lowest BCUT2D eigenvalue weighted by Gasteiger charge is -2.34. The third-order valence-corrected chi connectivity index (χ3v) is 8.35. The highest BCUT2D eigenvalue weighted by molar-refractivity contribution is 6.03. The van der Waals surface area contributed by atoms with Crippen LogP contribution in [-0.4, -0.2) is 57.9 Å². The Morgan fingerprint density at radius 3 is 2.67 bits per heavy atom. The molecule has 0 aliphatic carbocycles. The zero-order chi connectivity index (χ0) is 29.6. The molecule has 1 N–H and O–H groups in total. The highest BCUT2D eigenvalue weighted by Gasteiger charge is 2.29. The quantitative estimate of drug-likeness (QED) is 0.229. The van der Waals surface area contributed by atoms with E-state index in [0.29, 0.717) is 37.3 Å². The minimum atomic E-state index is -0.205. The molecule has 0 radical (unpaired) electrons. The molecule has 42 heavy (non-hydrogen) atoms. The zero-order valence-corrected chi connectivity index (χ0v) is 24.7. The highest BCUT2D eigenvalue weighted by atomic mass is 19.1. The van der Waals surface area contributed by atoms with Crippen molar-refractivity contribution in [1.82, 2.24) is 19.2 Å². The fourth-order valence-corrected chi connectivity index (χ4v) is 6.25. The van der Waals surface area contributed by atoms with Crippen molar-refractivity contribution in [3.63, 3.8) is 0 Å². The Hall–Kier alpha value is -3.98. The third kappa shape index (κ3) is 6.41. The summed E-state index contributed by atoms with van der Waals surface area (Å²) >= 11 is 0. The number of para-hydroxylation sites is 1. The van der Waals surface area contributed by atoms with Gasteiger partial charge >= 0.3 is 0 Å². The molecule has 1 aliphatic rings. The van der Waals surface area contributed by atoms with Gasteiger partial charge in [-0.2, -0.15) is 5.10 Å². The summed E-state index contributed by atoms with van der Waals surface area (Å²) in [4.78, 5) is 27.7. The van der Waals surface area contributed by atoms with Crippen LogP contribution in [0.4, 0.5) is 10.1 Å². The number of aryl methyl sites for hydroxylation is 4. The molecule has 2 aromatic heterocycles. The van der Waals surface area contributed by atoms with Gasteiger partial charge in [0.25, 0.3) is 5.91 Å². The van der Waals surface area contributed by atoms with Crippen LogP contribution in [0.1, 0.15) is 65.3 Å². The van der Waals surface area contributed by atoms with Crippen molar-refractivity contribution in [2.75, 3.05) is 32.1 Å². The molecule has 5 rings (SSSR count). The molecular weight excluding hydrogens is 533 g/mol. The molecular formula is C33H40FN5O3. The van der Waals surface area contributed by atoms with E-state index in [4.69, 9.17) is 4.74 Å². The Kier molecular flexibility index (Phi) is 9.37. The number of ether oxygens (including phenoxy) is 1. The maximum absolute atomic E-state index is 15.0. The second kappa shape index (κ2) is 13.3. The number of halogens is 1. The van der Waals surface area contributed by atoms with Gasteiger partial charge in [-0.05, 0) is 74.4 Å². The van der Waals surface area contributed by atoms with Gasteiger partial charge in [0.05, 0.1) is 5.52 Å². The number of hydrogen-bond donors (Lipinski definition) is 1. The summed E-state index contributed by atoms with van der Waals surface area (Å²) in [7, 11) is 3.42. The Bertz CT molecular complexity index is 1540. The number of aromatic nitrogens is 3. The standard InChI is InChI=1S/C33H40FN5O3/c1-23-27-10-5-11-28(34)32(27)39(20-7-21-42-3)31(23)25-9-6-19-38(22-25)30(40)12-4-8-24-13-15-26(16-14-24)36-33(41)29-17-18-35-37(29)2/h5,10-11,13-18,25H,4,6-9,12,19-22H2,1-3H3,(H,36,41). The summed E-state index contributed by atoms with van der Waals surface area (Å²) in [5.41, 5.74) is 5.26. The van der Waals surface area contributed by atoms with Gasteiger partial charge < -0.3 is 19.5 Å². The van der Waals surface area contributed by atoms with Crippen molar-refractivity contribution in [3.8, 4) is 0 Å². The number of piperidine rings is 1. The molecule has 1 saturated heterocycles. The largest absolute Gasteiger partial charge is 0.385 e. The van der Waals surface area contributed by atoms with E-state index in [1.807, 2.05) is 35.2 Å². The van der Waals surface area contributed by atoms with Crippen LogP contribution in [0.5, 0.6) is 0 Å². The average molecular weight is 574 g/mol. The lowest BCUT2D eigenvalue weighted by Crippen LogP contribution is -2.39. The number of carbonyl (C=O) groups is 2. The van der Waals surface area contributed by atoms with Crippen molar-refractivity contribution >= 4 is 28.4 Å². The molecule has 3 heterocycles.